The lowest BCUT2D eigenvalue weighted by Crippen LogP contribution is -2.44. The lowest BCUT2D eigenvalue weighted by molar-refractivity contribution is 0.0703. The molecule has 0 bridgehead atoms. The highest BCUT2D eigenvalue weighted by Crippen LogP contribution is 2.17. The van der Waals surface area contributed by atoms with Crippen molar-refractivity contribution in [2.24, 2.45) is 0 Å². The van der Waals surface area contributed by atoms with E-state index in [2.05, 4.69) is 10.0 Å². The zero-order chi connectivity index (χ0) is 18.6. The number of nitrogens with zero attached hydrogens (tertiary/aromatic N) is 1. The molecule has 1 aliphatic rings. The molecule has 1 saturated heterocycles. The van der Waals surface area contributed by atoms with Crippen molar-refractivity contribution in [2.75, 3.05) is 20.1 Å². The standard InChI is InChI=1S/C18H23N3O3S2/c1-21(15-7-9-19-10-8-15)18(22)14-4-2-6-17(12-14)26(23,24)20-13-16-5-3-11-25-16/h2-6,11-12,15,19-20H,7-10,13H2,1H3. The predicted octanol–water partition coefficient (Wildman–Crippen LogP) is 2.05. The first-order valence-electron chi connectivity index (χ1n) is 8.57. The Balaban J connectivity index is 1.73. The highest BCUT2D eigenvalue weighted by atomic mass is 32.2. The fraction of sp³-hybridized carbons (Fsp3) is 0.389. The van der Waals surface area contributed by atoms with Crippen LogP contribution in [-0.2, 0) is 16.6 Å². The van der Waals surface area contributed by atoms with E-state index >= 15 is 0 Å². The van der Waals surface area contributed by atoms with Crippen molar-refractivity contribution in [3.8, 4) is 0 Å². The van der Waals surface area contributed by atoms with Crippen molar-refractivity contribution in [1.29, 1.82) is 0 Å². The molecule has 6 nitrogen and oxygen atoms in total. The number of nitrogens with one attached hydrogen (secondary N) is 2. The van der Waals surface area contributed by atoms with Gasteiger partial charge in [-0.25, -0.2) is 13.1 Å². The van der Waals surface area contributed by atoms with Gasteiger partial charge in [-0.15, -0.1) is 11.3 Å². The Morgan fingerprint density at radius 1 is 1.27 bits per heavy atom. The van der Waals surface area contributed by atoms with Crippen LogP contribution in [0.5, 0.6) is 0 Å². The van der Waals surface area contributed by atoms with Gasteiger partial charge >= 0.3 is 0 Å². The maximum absolute atomic E-state index is 12.8. The number of sulfonamides is 1. The predicted molar refractivity (Wildman–Crippen MR) is 103 cm³/mol. The second-order valence-electron chi connectivity index (χ2n) is 6.33. The van der Waals surface area contributed by atoms with Gasteiger partial charge in [0.05, 0.1) is 4.90 Å². The highest BCUT2D eigenvalue weighted by molar-refractivity contribution is 7.89. The summed E-state index contributed by atoms with van der Waals surface area (Å²) in [5.74, 6) is -0.146. The Labute approximate surface area is 158 Å². The molecule has 140 valence electrons. The van der Waals surface area contributed by atoms with Gasteiger partial charge in [-0.3, -0.25) is 4.79 Å². The summed E-state index contributed by atoms with van der Waals surface area (Å²) in [6, 6.07) is 10.2. The molecule has 26 heavy (non-hydrogen) atoms. The van der Waals surface area contributed by atoms with E-state index in [0.29, 0.717) is 5.56 Å². The first-order valence-corrected chi connectivity index (χ1v) is 10.9. The van der Waals surface area contributed by atoms with E-state index in [0.717, 1.165) is 30.8 Å². The Morgan fingerprint density at radius 2 is 2.04 bits per heavy atom. The molecule has 1 aromatic carbocycles. The van der Waals surface area contributed by atoms with E-state index in [-0.39, 0.29) is 23.4 Å². The lowest BCUT2D eigenvalue weighted by Gasteiger charge is -2.31. The van der Waals surface area contributed by atoms with E-state index in [4.69, 9.17) is 0 Å². The molecule has 1 fully saturated rings. The van der Waals surface area contributed by atoms with Crippen molar-refractivity contribution < 1.29 is 13.2 Å². The van der Waals surface area contributed by atoms with E-state index < -0.39 is 10.0 Å². The molecule has 0 saturated carbocycles. The Bertz CT molecular complexity index is 844. The minimum Gasteiger partial charge on any atom is -0.339 e. The molecule has 0 radical (unpaired) electrons. The number of carbonyl (C=O) groups excluding carboxylic acids is 1. The van der Waals surface area contributed by atoms with Crippen LogP contribution in [0.3, 0.4) is 0 Å². The number of benzene rings is 1. The maximum Gasteiger partial charge on any atom is 0.253 e. The number of thiophene rings is 1. The van der Waals surface area contributed by atoms with Crippen LogP contribution in [0.15, 0.2) is 46.7 Å². The van der Waals surface area contributed by atoms with Crippen LogP contribution >= 0.6 is 11.3 Å². The first-order chi connectivity index (χ1) is 12.5. The molecule has 1 aliphatic heterocycles. The van der Waals surface area contributed by atoms with Crippen molar-refractivity contribution in [3.63, 3.8) is 0 Å². The van der Waals surface area contributed by atoms with Crippen molar-refractivity contribution in [3.05, 3.63) is 52.2 Å². The molecule has 0 aliphatic carbocycles. The van der Waals surface area contributed by atoms with Crippen LogP contribution in [0, 0.1) is 0 Å². The number of carbonyl (C=O) groups is 1. The second kappa shape index (κ2) is 8.30. The smallest absolute Gasteiger partial charge is 0.253 e. The average molecular weight is 394 g/mol. The summed E-state index contributed by atoms with van der Waals surface area (Å²) < 4.78 is 27.7. The Kier molecular flexibility index (Phi) is 6.08. The minimum atomic E-state index is -3.67. The van der Waals surface area contributed by atoms with Crippen molar-refractivity contribution >= 4 is 27.3 Å². The van der Waals surface area contributed by atoms with Gasteiger partial charge in [0.1, 0.15) is 0 Å². The molecule has 1 amide bonds. The summed E-state index contributed by atoms with van der Waals surface area (Å²) in [7, 11) is -1.88. The molecule has 8 heteroatoms. The fourth-order valence-electron chi connectivity index (χ4n) is 3.02. The Hall–Kier alpha value is -1.74. The van der Waals surface area contributed by atoms with Gasteiger partial charge in [0.15, 0.2) is 0 Å². The molecule has 2 N–H and O–H groups in total. The van der Waals surface area contributed by atoms with Crippen LogP contribution < -0.4 is 10.0 Å². The number of hydrogen-bond acceptors (Lipinski definition) is 5. The number of amides is 1. The lowest BCUT2D eigenvalue weighted by atomic mass is 10.0. The second-order valence-corrected chi connectivity index (χ2v) is 9.13. The minimum absolute atomic E-state index is 0.110. The molecule has 3 rings (SSSR count). The van der Waals surface area contributed by atoms with Gasteiger partial charge in [0, 0.05) is 30.1 Å². The number of rotatable bonds is 6. The third-order valence-corrected chi connectivity index (χ3v) is 6.86. The normalized spacial score (nSPS) is 15.7. The maximum atomic E-state index is 12.8. The highest BCUT2D eigenvalue weighted by Gasteiger charge is 2.24. The van der Waals surface area contributed by atoms with Crippen LogP contribution in [0.1, 0.15) is 28.1 Å². The molecular weight excluding hydrogens is 370 g/mol. The summed E-state index contributed by atoms with van der Waals surface area (Å²) in [6.45, 7) is 2.03. The van der Waals surface area contributed by atoms with Gasteiger partial charge < -0.3 is 10.2 Å². The van der Waals surface area contributed by atoms with Gasteiger partial charge in [0.25, 0.3) is 5.91 Å². The zero-order valence-electron chi connectivity index (χ0n) is 14.6. The average Bonchev–Trinajstić information content (AvgIpc) is 3.20. The van der Waals surface area contributed by atoms with E-state index in [1.807, 2.05) is 17.5 Å². The summed E-state index contributed by atoms with van der Waals surface area (Å²) >= 11 is 1.49. The summed E-state index contributed by atoms with van der Waals surface area (Å²) in [4.78, 5) is 15.5. The fourth-order valence-corrected chi connectivity index (χ4v) is 4.81. The molecule has 2 heterocycles. The first kappa shape index (κ1) is 19.0. The van der Waals surface area contributed by atoms with Crippen LogP contribution in [0.4, 0.5) is 0 Å². The quantitative estimate of drug-likeness (QED) is 0.787. The largest absolute Gasteiger partial charge is 0.339 e. The molecule has 1 aromatic heterocycles. The SMILES string of the molecule is CN(C(=O)c1cccc(S(=O)(=O)NCc2cccs2)c1)C1CCNCC1. The van der Waals surface area contributed by atoms with Crippen molar-refractivity contribution in [2.45, 2.75) is 30.3 Å². The third kappa shape index (κ3) is 4.50. The zero-order valence-corrected chi connectivity index (χ0v) is 16.3. The van der Waals surface area contributed by atoms with E-state index in [9.17, 15) is 13.2 Å². The van der Waals surface area contributed by atoms with Gasteiger partial charge in [0.2, 0.25) is 10.0 Å². The third-order valence-electron chi connectivity index (χ3n) is 4.58. The topological polar surface area (TPSA) is 78.5 Å². The van der Waals surface area contributed by atoms with E-state index in [1.54, 1.807) is 24.1 Å². The summed E-state index contributed by atoms with van der Waals surface area (Å²) in [5.41, 5.74) is 0.394. The number of piperidine rings is 1. The van der Waals surface area contributed by atoms with Gasteiger partial charge in [-0.05, 0) is 55.6 Å². The van der Waals surface area contributed by atoms with Crippen LogP contribution in [0.25, 0.3) is 0 Å². The number of hydrogen-bond donors (Lipinski definition) is 2. The van der Waals surface area contributed by atoms with Crippen LogP contribution in [-0.4, -0.2) is 45.4 Å². The molecule has 2 aromatic rings. The molecule has 0 spiro atoms. The van der Waals surface area contributed by atoms with Gasteiger partial charge in [-0.2, -0.15) is 0 Å². The molecule has 0 unspecified atom stereocenters. The van der Waals surface area contributed by atoms with Crippen LogP contribution in [0.2, 0.25) is 0 Å². The molecular formula is C18H23N3O3S2. The monoisotopic (exact) mass is 393 g/mol. The van der Waals surface area contributed by atoms with Crippen molar-refractivity contribution in [1.82, 2.24) is 14.9 Å². The summed E-state index contributed by atoms with van der Waals surface area (Å²) in [5, 5.41) is 5.18. The van der Waals surface area contributed by atoms with Gasteiger partial charge in [-0.1, -0.05) is 12.1 Å². The summed E-state index contributed by atoms with van der Waals surface area (Å²) in [6.07, 6.45) is 1.81. The molecule has 0 atom stereocenters. The van der Waals surface area contributed by atoms with E-state index in [1.165, 1.54) is 23.5 Å². The Morgan fingerprint density at radius 3 is 2.73 bits per heavy atom.